The van der Waals surface area contributed by atoms with Crippen molar-refractivity contribution in [2.24, 2.45) is 0 Å². The number of halogens is 2. The molecule has 0 saturated carbocycles. The van der Waals surface area contributed by atoms with Crippen molar-refractivity contribution in [2.75, 3.05) is 5.88 Å². The summed E-state index contributed by atoms with van der Waals surface area (Å²) in [5.74, 6) is 0.366. The van der Waals surface area contributed by atoms with E-state index in [9.17, 15) is 4.39 Å². The Bertz CT molecular complexity index is 706. The van der Waals surface area contributed by atoms with E-state index in [1.807, 2.05) is 12.5 Å². The number of alkyl halides is 1. The molecule has 0 amide bonds. The van der Waals surface area contributed by atoms with E-state index in [1.165, 1.54) is 17.7 Å². The maximum Gasteiger partial charge on any atom is 0.123 e. The molecule has 2 aromatic carbocycles. The Hall–Kier alpha value is -2.13. The summed E-state index contributed by atoms with van der Waals surface area (Å²) in [5, 5.41) is 0. The molecule has 1 heterocycles. The molecule has 3 rings (SSSR count). The smallest absolute Gasteiger partial charge is 0.123 e. The van der Waals surface area contributed by atoms with Crippen LogP contribution in [0.2, 0.25) is 0 Å². The Morgan fingerprint density at radius 2 is 1.64 bits per heavy atom. The third-order valence-electron chi connectivity index (χ3n) is 3.74. The quantitative estimate of drug-likeness (QED) is 0.612. The van der Waals surface area contributed by atoms with E-state index in [2.05, 4.69) is 33.8 Å². The molecule has 112 valence electrons. The lowest BCUT2D eigenvalue weighted by Gasteiger charge is -2.18. The molecule has 1 unspecified atom stereocenters. The highest BCUT2D eigenvalue weighted by molar-refractivity contribution is 6.17. The Morgan fingerprint density at radius 3 is 2.18 bits per heavy atom. The van der Waals surface area contributed by atoms with Gasteiger partial charge in [0.1, 0.15) is 5.82 Å². The summed E-state index contributed by atoms with van der Waals surface area (Å²) in [6.45, 7) is 0. The normalized spacial score (nSPS) is 12.3. The molecule has 22 heavy (non-hydrogen) atoms. The molecule has 0 N–H and O–H groups in total. The van der Waals surface area contributed by atoms with Gasteiger partial charge < -0.3 is 4.57 Å². The van der Waals surface area contributed by atoms with Crippen LogP contribution in [0.15, 0.2) is 67.3 Å². The Morgan fingerprint density at radius 1 is 1.00 bits per heavy atom. The highest BCUT2D eigenvalue weighted by Crippen LogP contribution is 2.26. The average molecular weight is 315 g/mol. The molecule has 1 aromatic heterocycles. The molecule has 0 spiro atoms. The van der Waals surface area contributed by atoms with E-state index >= 15 is 0 Å². The first-order valence-electron chi connectivity index (χ1n) is 7.17. The van der Waals surface area contributed by atoms with Crippen LogP contribution in [0.25, 0.3) is 11.1 Å². The van der Waals surface area contributed by atoms with Crippen molar-refractivity contribution in [1.29, 1.82) is 0 Å². The van der Waals surface area contributed by atoms with Gasteiger partial charge in [-0.15, -0.1) is 11.6 Å². The number of rotatable bonds is 5. The van der Waals surface area contributed by atoms with Gasteiger partial charge in [0.05, 0.1) is 12.4 Å². The van der Waals surface area contributed by atoms with E-state index in [-0.39, 0.29) is 11.9 Å². The van der Waals surface area contributed by atoms with Crippen LogP contribution in [0.4, 0.5) is 4.39 Å². The topological polar surface area (TPSA) is 17.8 Å². The van der Waals surface area contributed by atoms with Crippen molar-refractivity contribution in [3.63, 3.8) is 0 Å². The summed E-state index contributed by atoms with van der Waals surface area (Å²) in [4.78, 5) is 4.11. The third kappa shape index (κ3) is 3.20. The van der Waals surface area contributed by atoms with Crippen LogP contribution < -0.4 is 0 Å². The first-order valence-corrected chi connectivity index (χ1v) is 7.70. The summed E-state index contributed by atoms with van der Waals surface area (Å²) in [5.41, 5.74) is 3.26. The van der Waals surface area contributed by atoms with Crippen LogP contribution in [-0.2, 0) is 0 Å². The zero-order chi connectivity index (χ0) is 15.4. The Balaban J connectivity index is 1.87. The maximum atomic E-state index is 13.0. The number of hydrogen-bond donors (Lipinski definition) is 0. The summed E-state index contributed by atoms with van der Waals surface area (Å²) in [6.07, 6.45) is 6.37. The molecule has 1 atom stereocenters. The molecule has 0 saturated heterocycles. The molecule has 4 heteroatoms. The van der Waals surface area contributed by atoms with E-state index in [0.717, 1.165) is 17.5 Å². The molecule has 0 fully saturated rings. The predicted molar refractivity (Wildman–Crippen MR) is 87.5 cm³/mol. The monoisotopic (exact) mass is 314 g/mol. The molecule has 2 nitrogen and oxygen atoms in total. The largest absolute Gasteiger partial charge is 0.330 e. The second-order valence-electron chi connectivity index (χ2n) is 5.13. The van der Waals surface area contributed by atoms with Crippen LogP contribution in [-0.4, -0.2) is 15.4 Å². The summed E-state index contributed by atoms with van der Waals surface area (Å²) < 4.78 is 15.1. The second-order valence-corrected chi connectivity index (χ2v) is 5.51. The van der Waals surface area contributed by atoms with Crippen molar-refractivity contribution >= 4 is 11.6 Å². The van der Waals surface area contributed by atoms with Gasteiger partial charge in [0, 0.05) is 18.3 Å². The zero-order valence-electron chi connectivity index (χ0n) is 12.0. The van der Waals surface area contributed by atoms with Gasteiger partial charge in [0.2, 0.25) is 0 Å². The van der Waals surface area contributed by atoms with Crippen LogP contribution >= 0.6 is 11.6 Å². The van der Waals surface area contributed by atoms with Crippen molar-refractivity contribution in [2.45, 2.75) is 12.5 Å². The maximum absolute atomic E-state index is 13.0. The minimum atomic E-state index is -0.220. The van der Waals surface area contributed by atoms with Crippen LogP contribution in [0.1, 0.15) is 18.0 Å². The highest BCUT2D eigenvalue weighted by atomic mass is 35.5. The predicted octanol–water partition coefficient (Wildman–Crippen LogP) is 4.91. The molecular formula is C18H16ClFN2. The summed E-state index contributed by atoms with van der Waals surface area (Å²) in [7, 11) is 0. The molecular weight excluding hydrogens is 299 g/mol. The van der Waals surface area contributed by atoms with Crippen LogP contribution in [0.3, 0.4) is 0 Å². The summed E-state index contributed by atoms with van der Waals surface area (Å²) >= 11 is 5.94. The van der Waals surface area contributed by atoms with Crippen molar-refractivity contribution < 1.29 is 4.39 Å². The first-order chi connectivity index (χ1) is 10.8. The third-order valence-corrected chi connectivity index (χ3v) is 3.96. The van der Waals surface area contributed by atoms with Gasteiger partial charge in [-0.2, -0.15) is 0 Å². The SMILES string of the molecule is Fc1ccc(-c2ccc(C(CCCl)n3ccnc3)cc2)cc1. The number of nitrogens with zero attached hydrogens (tertiary/aromatic N) is 2. The van der Waals surface area contributed by atoms with Crippen molar-refractivity contribution in [3.8, 4) is 11.1 Å². The molecule has 0 aliphatic carbocycles. The highest BCUT2D eigenvalue weighted by Gasteiger charge is 2.12. The Kier molecular flexibility index (Phi) is 4.54. The van der Waals surface area contributed by atoms with E-state index in [4.69, 9.17) is 11.6 Å². The Labute approximate surface area is 134 Å². The number of benzene rings is 2. The van der Waals surface area contributed by atoms with Gasteiger partial charge in [-0.3, -0.25) is 0 Å². The fourth-order valence-electron chi connectivity index (χ4n) is 2.59. The van der Waals surface area contributed by atoms with Crippen molar-refractivity contribution in [1.82, 2.24) is 9.55 Å². The lowest BCUT2D eigenvalue weighted by molar-refractivity contribution is 0.569. The minimum Gasteiger partial charge on any atom is -0.330 e. The van der Waals surface area contributed by atoms with Crippen molar-refractivity contribution in [3.05, 3.63) is 78.6 Å². The first kappa shape index (κ1) is 14.8. The lowest BCUT2D eigenvalue weighted by atomic mass is 9.99. The van der Waals surface area contributed by atoms with E-state index in [1.54, 1.807) is 18.3 Å². The van der Waals surface area contributed by atoms with Gasteiger partial charge in [-0.1, -0.05) is 36.4 Å². The van der Waals surface area contributed by atoms with Crippen LogP contribution in [0, 0.1) is 5.82 Å². The second kappa shape index (κ2) is 6.75. The number of aromatic nitrogens is 2. The number of hydrogen-bond acceptors (Lipinski definition) is 1. The van der Waals surface area contributed by atoms with E-state index in [0.29, 0.717) is 5.88 Å². The minimum absolute atomic E-state index is 0.183. The lowest BCUT2D eigenvalue weighted by Crippen LogP contribution is -2.09. The van der Waals surface area contributed by atoms with Gasteiger partial charge in [0.15, 0.2) is 0 Å². The van der Waals surface area contributed by atoms with Gasteiger partial charge >= 0.3 is 0 Å². The fraction of sp³-hybridized carbons (Fsp3) is 0.167. The molecule has 0 aliphatic heterocycles. The van der Waals surface area contributed by atoms with Gasteiger partial charge in [-0.25, -0.2) is 9.37 Å². The summed E-state index contributed by atoms with van der Waals surface area (Å²) in [6, 6.07) is 15.0. The number of imidazole rings is 1. The fourth-order valence-corrected chi connectivity index (χ4v) is 2.79. The standard InChI is InChI=1S/C18H16ClFN2/c19-10-9-18(22-12-11-21-13-22)16-3-1-14(2-4-16)15-5-7-17(20)8-6-15/h1-8,11-13,18H,9-10H2. The molecule has 3 aromatic rings. The molecule has 0 bridgehead atoms. The zero-order valence-corrected chi connectivity index (χ0v) is 12.7. The molecule has 0 aliphatic rings. The molecule has 0 radical (unpaired) electrons. The van der Waals surface area contributed by atoms with E-state index < -0.39 is 0 Å². The van der Waals surface area contributed by atoms with Crippen LogP contribution in [0.5, 0.6) is 0 Å². The van der Waals surface area contributed by atoms with Gasteiger partial charge in [0.25, 0.3) is 0 Å². The average Bonchev–Trinajstić information content (AvgIpc) is 3.08. The van der Waals surface area contributed by atoms with Gasteiger partial charge in [-0.05, 0) is 35.2 Å².